The largest absolute Gasteiger partial charge is 0.344 e. The topological polar surface area (TPSA) is 84.2 Å². The number of carbonyl (C=O) groups is 1. The number of carbonyl (C=O) groups excluding carboxylic acids is 1. The van der Waals surface area contributed by atoms with Gasteiger partial charge in [-0.3, -0.25) is 14.3 Å². The van der Waals surface area contributed by atoms with Crippen LogP contribution in [0.25, 0.3) is 21.3 Å². The summed E-state index contributed by atoms with van der Waals surface area (Å²) in [7, 11) is 0. The van der Waals surface area contributed by atoms with Crippen molar-refractivity contribution < 1.29 is 4.79 Å². The highest BCUT2D eigenvalue weighted by Crippen LogP contribution is 2.27. The molecule has 1 aliphatic heterocycles. The number of para-hydroxylation sites is 1. The van der Waals surface area contributed by atoms with Crippen molar-refractivity contribution in [2.24, 2.45) is 0 Å². The molecule has 9 heteroatoms. The van der Waals surface area contributed by atoms with Crippen molar-refractivity contribution in [3.8, 4) is 0 Å². The molecule has 8 nitrogen and oxygen atoms in total. The Balaban J connectivity index is 1.28. The number of thiazole rings is 1. The first-order valence-electron chi connectivity index (χ1n) is 9.38. The van der Waals surface area contributed by atoms with Crippen molar-refractivity contribution >= 4 is 43.6 Å². The lowest BCUT2D eigenvalue weighted by atomic mass is 10.2. The molecule has 1 aliphatic rings. The van der Waals surface area contributed by atoms with Gasteiger partial charge in [0.25, 0.3) is 0 Å². The zero-order valence-electron chi connectivity index (χ0n) is 15.6. The second-order valence-corrected chi connectivity index (χ2v) is 7.83. The zero-order valence-corrected chi connectivity index (χ0v) is 16.4. The number of aromatic nitrogens is 4. The van der Waals surface area contributed by atoms with Crippen LogP contribution in [0.1, 0.15) is 0 Å². The fourth-order valence-corrected chi connectivity index (χ4v) is 4.52. The first-order chi connectivity index (χ1) is 14.2. The normalized spacial score (nSPS) is 14.6. The summed E-state index contributed by atoms with van der Waals surface area (Å²) in [5, 5.41) is 5.68. The Morgan fingerprint density at radius 2 is 1.90 bits per heavy atom. The molecule has 1 fully saturated rings. The van der Waals surface area contributed by atoms with E-state index in [-0.39, 0.29) is 17.9 Å². The maximum Gasteiger partial charge on any atom is 0.244 e. The van der Waals surface area contributed by atoms with Crippen molar-refractivity contribution in [2.45, 2.75) is 6.54 Å². The number of piperazine rings is 1. The molecule has 0 spiro atoms. The van der Waals surface area contributed by atoms with Crippen molar-refractivity contribution in [1.29, 1.82) is 0 Å². The quantitative estimate of drug-likeness (QED) is 0.515. The number of anilines is 1. The summed E-state index contributed by atoms with van der Waals surface area (Å²) in [6.07, 6.45) is 3.05. The lowest BCUT2D eigenvalue weighted by molar-refractivity contribution is -0.132. The van der Waals surface area contributed by atoms with Crippen LogP contribution in [-0.4, -0.2) is 56.7 Å². The van der Waals surface area contributed by atoms with Crippen molar-refractivity contribution in [2.75, 3.05) is 31.1 Å². The maximum atomic E-state index is 12.8. The molecule has 1 saturated heterocycles. The summed E-state index contributed by atoms with van der Waals surface area (Å²) >= 11 is 1.58. The number of hydrogen-bond donors (Lipinski definition) is 0. The van der Waals surface area contributed by atoms with Gasteiger partial charge in [-0.15, -0.1) is 0 Å². The Morgan fingerprint density at radius 1 is 1.07 bits per heavy atom. The third-order valence-corrected chi connectivity index (χ3v) is 6.14. The van der Waals surface area contributed by atoms with Gasteiger partial charge in [0.05, 0.1) is 11.7 Å². The van der Waals surface area contributed by atoms with Crippen LogP contribution in [0.5, 0.6) is 0 Å². The molecular weight excluding hydrogens is 388 g/mol. The summed E-state index contributed by atoms with van der Waals surface area (Å²) < 4.78 is 1.60. The van der Waals surface area contributed by atoms with Gasteiger partial charge in [0.15, 0.2) is 5.13 Å². The fraction of sp³-hybridized carbons (Fsp3) is 0.250. The van der Waals surface area contributed by atoms with Crippen molar-refractivity contribution in [1.82, 2.24) is 24.6 Å². The van der Waals surface area contributed by atoms with E-state index in [1.807, 2.05) is 35.2 Å². The van der Waals surface area contributed by atoms with Crippen LogP contribution in [-0.2, 0) is 11.3 Å². The van der Waals surface area contributed by atoms with Gasteiger partial charge >= 0.3 is 0 Å². The molecule has 4 heterocycles. The monoisotopic (exact) mass is 406 g/mol. The van der Waals surface area contributed by atoms with Crippen molar-refractivity contribution in [3.63, 3.8) is 0 Å². The van der Waals surface area contributed by atoms with E-state index in [9.17, 15) is 9.59 Å². The SMILES string of the molecule is O=C(Cn1ncc(=O)c2ccccc21)N1CCN(c2nc3cccnc3s2)CC1. The van der Waals surface area contributed by atoms with Gasteiger partial charge in [0, 0.05) is 37.8 Å². The fourth-order valence-electron chi connectivity index (χ4n) is 3.56. The summed E-state index contributed by atoms with van der Waals surface area (Å²) in [6, 6.07) is 11.1. The van der Waals surface area contributed by atoms with Gasteiger partial charge in [0.1, 0.15) is 16.9 Å². The van der Waals surface area contributed by atoms with Gasteiger partial charge in [0.2, 0.25) is 11.3 Å². The average Bonchev–Trinajstić information content (AvgIpc) is 3.20. The van der Waals surface area contributed by atoms with E-state index in [0.717, 1.165) is 28.6 Å². The van der Waals surface area contributed by atoms with Crippen LogP contribution in [0.3, 0.4) is 0 Å². The second kappa shape index (κ2) is 7.25. The molecule has 146 valence electrons. The lowest BCUT2D eigenvalue weighted by Crippen LogP contribution is -2.49. The van der Waals surface area contributed by atoms with E-state index in [2.05, 4.69) is 20.0 Å². The second-order valence-electron chi connectivity index (χ2n) is 6.88. The molecule has 3 aromatic heterocycles. The maximum absolute atomic E-state index is 12.8. The summed E-state index contributed by atoms with van der Waals surface area (Å²) in [4.78, 5) is 38.8. The van der Waals surface area contributed by atoms with Gasteiger partial charge in [-0.1, -0.05) is 23.5 Å². The number of rotatable bonds is 3. The number of hydrogen-bond acceptors (Lipinski definition) is 7. The predicted octanol–water partition coefficient (Wildman–Crippen LogP) is 1.75. The molecule has 5 rings (SSSR count). The van der Waals surface area contributed by atoms with Crippen molar-refractivity contribution in [3.05, 3.63) is 59.0 Å². The molecule has 1 amide bonds. The van der Waals surface area contributed by atoms with Gasteiger partial charge in [-0.05, 0) is 24.3 Å². The molecule has 0 bridgehead atoms. The van der Waals surface area contributed by atoms with Crippen LogP contribution >= 0.6 is 11.3 Å². The minimum Gasteiger partial charge on any atom is -0.344 e. The first-order valence-corrected chi connectivity index (χ1v) is 10.2. The summed E-state index contributed by atoms with van der Waals surface area (Å²) in [5.41, 5.74) is 1.44. The Kier molecular flexibility index (Phi) is 4.44. The van der Waals surface area contributed by atoms with E-state index in [1.54, 1.807) is 28.3 Å². The zero-order chi connectivity index (χ0) is 19.8. The molecule has 1 aromatic carbocycles. The lowest BCUT2D eigenvalue weighted by Gasteiger charge is -2.34. The molecule has 0 N–H and O–H groups in total. The standard InChI is InChI=1S/C20H18N6O2S/c27-17-12-22-26(16-6-2-1-4-14(16)17)13-18(28)24-8-10-25(11-9-24)20-23-15-5-3-7-21-19(15)29-20/h1-7,12H,8-11,13H2. The molecule has 4 aromatic rings. The number of benzene rings is 1. The number of amides is 1. The average molecular weight is 406 g/mol. The Labute approximate surface area is 170 Å². The van der Waals surface area contributed by atoms with E-state index in [4.69, 9.17) is 0 Å². The van der Waals surface area contributed by atoms with E-state index >= 15 is 0 Å². The van der Waals surface area contributed by atoms with Crippen LogP contribution in [0, 0.1) is 0 Å². The van der Waals surface area contributed by atoms with E-state index < -0.39 is 0 Å². The van der Waals surface area contributed by atoms with E-state index in [1.165, 1.54) is 6.20 Å². The number of pyridine rings is 1. The van der Waals surface area contributed by atoms with Gasteiger partial charge in [-0.25, -0.2) is 9.97 Å². The Morgan fingerprint density at radius 3 is 2.72 bits per heavy atom. The molecular formula is C20H18N6O2S. The minimum absolute atomic E-state index is 0.00285. The summed E-state index contributed by atoms with van der Waals surface area (Å²) in [5.74, 6) is -0.00285. The van der Waals surface area contributed by atoms with Gasteiger partial charge in [-0.2, -0.15) is 5.10 Å². The molecule has 0 aliphatic carbocycles. The molecule has 0 radical (unpaired) electrons. The highest BCUT2D eigenvalue weighted by Gasteiger charge is 2.23. The van der Waals surface area contributed by atoms with E-state index in [0.29, 0.717) is 24.0 Å². The summed E-state index contributed by atoms with van der Waals surface area (Å²) in [6.45, 7) is 2.82. The first kappa shape index (κ1) is 17.7. The van der Waals surface area contributed by atoms with Crippen LogP contribution < -0.4 is 10.3 Å². The molecule has 0 saturated carbocycles. The third kappa shape index (κ3) is 3.33. The highest BCUT2D eigenvalue weighted by atomic mass is 32.1. The molecule has 29 heavy (non-hydrogen) atoms. The molecule has 0 atom stereocenters. The van der Waals surface area contributed by atoms with Crippen LogP contribution in [0.2, 0.25) is 0 Å². The van der Waals surface area contributed by atoms with Crippen LogP contribution in [0.4, 0.5) is 5.13 Å². The Hall–Kier alpha value is -3.33. The number of fused-ring (bicyclic) bond motifs is 2. The smallest absolute Gasteiger partial charge is 0.244 e. The van der Waals surface area contributed by atoms with Crippen LogP contribution in [0.15, 0.2) is 53.6 Å². The number of nitrogens with zero attached hydrogens (tertiary/aromatic N) is 6. The Bertz CT molecular complexity index is 1230. The van der Waals surface area contributed by atoms with Gasteiger partial charge < -0.3 is 9.80 Å². The minimum atomic E-state index is -0.136. The third-order valence-electron chi connectivity index (χ3n) is 5.11. The molecule has 0 unspecified atom stereocenters. The predicted molar refractivity (Wildman–Crippen MR) is 112 cm³/mol. The highest BCUT2D eigenvalue weighted by molar-refractivity contribution is 7.21.